The van der Waals surface area contributed by atoms with Gasteiger partial charge in [0.1, 0.15) is 5.56 Å². The number of rotatable bonds is 10. The predicted molar refractivity (Wildman–Crippen MR) is 112 cm³/mol. The molecule has 1 amide bonds. The van der Waals surface area contributed by atoms with Crippen LogP contribution in [0.4, 0.5) is 0 Å². The minimum atomic E-state index is -0.840. The molecular weight excluding hydrogens is 386 g/mol. The molecule has 0 aliphatic carbocycles. The van der Waals surface area contributed by atoms with Gasteiger partial charge in [-0.2, -0.15) is 0 Å². The summed E-state index contributed by atoms with van der Waals surface area (Å²) < 4.78 is 15.4. The fourth-order valence-electron chi connectivity index (χ4n) is 2.92. The van der Waals surface area contributed by atoms with Crippen molar-refractivity contribution < 1.29 is 28.6 Å². The summed E-state index contributed by atoms with van der Waals surface area (Å²) in [6.07, 6.45) is 1.18. The van der Waals surface area contributed by atoms with Crippen LogP contribution in [-0.2, 0) is 16.0 Å². The molecule has 0 aromatic heterocycles. The zero-order valence-electron chi connectivity index (χ0n) is 17.7. The Labute approximate surface area is 176 Å². The van der Waals surface area contributed by atoms with Gasteiger partial charge < -0.3 is 19.5 Å². The Morgan fingerprint density at radius 1 is 1.03 bits per heavy atom. The summed E-state index contributed by atoms with van der Waals surface area (Å²) in [5.74, 6) is -0.444. The van der Waals surface area contributed by atoms with E-state index in [-0.39, 0.29) is 22.6 Å². The highest BCUT2D eigenvalue weighted by atomic mass is 16.5. The molecule has 0 unspecified atom stereocenters. The number of esters is 1. The lowest BCUT2D eigenvalue weighted by Gasteiger charge is -2.14. The molecule has 0 radical (unpaired) electrons. The maximum Gasteiger partial charge on any atom is 0.343 e. The van der Waals surface area contributed by atoms with Crippen LogP contribution in [0.2, 0.25) is 0 Å². The smallest absolute Gasteiger partial charge is 0.343 e. The molecule has 30 heavy (non-hydrogen) atoms. The third kappa shape index (κ3) is 5.83. The molecule has 0 aliphatic heterocycles. The van der Waals surface area contributed by atoms with E-state index in [0.29, 0.717) is 25.2 Å². The van der Waals surface area contributed by atoms with Crippen molar-refractivity contribution in [2.45, 2.75) is 26.2 Å². The minimum Gasteiger partial charge on any atom is -0.493 e. The Morgan fingerprint density at radius 3 is 2.30 bits per heavy atom. The Morgan fingerprint density at radius 2 is 1.73 bits per heavy atom. The van der Waals surface area contributed by atoms with Crippen molar-refractivity contribution in [3.05, 3.63) is 58.7 Å². The summed E-state index contributed by atoms with van der Waals surface area (Å²) in [6, 6.07) is 11.2. The number of benzene rings is 2. The molecule has 0 atom stereocenters. The van der Waals surface area contributed by atoms with Crippen LogP contribution in [0, 0.1) is 0 Å². The molecule has 0 bridgehead atoms. The predicted octanol–water partition coefficient (Wildman–Crippen LogP) is 3.16. The second-order valence-corrected chi connectivity index (χ2v) is 6.96. The lowest BCUT2D eigenvalue weighted by atomic mass is 10.0. The quantitative estimate of drug-likeness (QED) is 0.475. The van der Waals surface area contributed by atoms with E-state index in [9.17, 15) is 14.4 Å². The van der Waals surface area contributed by atoms with Gasteiger partial charge in [0, 0.05) is 12.1 Å². The normalized spacial score (nSPS) is 10.4. The van der Waals surface area contributed by atoms with Crippen LogP contribution in [-0.4, -0.2) is 45.5 Å². The van der Waals surface area contributed by atoms with E-state index in [2.05, 4.69) is 31.3 Å². The third-order valence-electron chi connectivity index (χ3n) is 4.63. The average Bonchev–Trinajstić information content (AvgIpc) is 2.76. The lowest BCUT2D eigenvalue weighted by Crippen LogP contribution is -2.30. The molecular formula is C23H27NO6. The van der Waals surface area contributed by atoms with E-state index in [1.807, 2.05) is 12.1 Å². The first-order valence-electron chi connectivity index (χ1n) is 9.64. The Bertz CT molecular complexity index is 889. The SMILES string of the molecule is COc1ccc(C=O)c(C(=O)OCC(=O)NCCc2ccc(C(C)C)cc2)c1OC. The van der Waals surface area contributed by atoms with Crippen LogP contribution in [0.15, 0.2) is 36.4 Å². The molecule has 160 valence electrons. The Hall–Kier alpha value is -3.35. The van der Waals surface area contributed by atoms with Gasteiger partial charge in [-0.1, -0.05) is 38.1 Å². The van der Waals surface area contributed by atoms with Crippen molar-refractivity contribution in [3.63, 3.8) is 0 Å². The van der Waals surface area contributed by atoms with E-state index in [4.69, 9.17) is 14.2 Å². The van der Waals surface area contributed by atoms with Crippen LogP contribution >= 0.6 is 0 Å². The molecule has 2 aromatic carbocycles. The molecule has 0 saturated carbocycles. The fraction of sp³-hybridized carbons (Fsp3) is 0.348. The molecule has 0 heterocycles. The maximum atomic E-state index is 12.5. The summed E-state index contributed by atoms with van der Waals surface area (Å²) in [4.78, 5) is 35.8. The van der Waals surface area contributed by atoms with Gasteiger partial charge in [0.15, 0.2) is 24.4 Å². The number of hydrogen-bond donors (Lipinski definition) is 1. The maximum absolute atomic E-state index is 12.5. The van der Waals surface area contributed by atoms with Gasteiger partial charge in [0.25, 0.3) is 5.91 Å². The van der Waals surface area contributed by atoms with E-state index in [0.717, 1.165) is 5.56 Å². The van der Waals surface area contributed by atoms with Crippen LogP contribution in [0.25, 0.3) is 0 Å². The van der Waals surface area contributed by atoms with Gasteiger partial charge in [-0.05, 0) is 35.6 Å². The van der Waals surface area contributed by atoms with E-state index < -0.39 is 18.5 Å². The highest BCUT2D eigenvalue weighted by Crippen LogP contribution is 2.33. The Balaban J connectivity index is 1.90. The highest BCUT2D eigenvalue weighted by Gasteiger charge is 2.23. The number of aldehydes is 1. The highest BCUT2D eigenvalue weighted by molar-refractivity contribution is 6.02. The van der Waals surface area contributed by atoms with Crippen LogP contribution in [0.5, 0.6) is 11.5 Å². The topological polar surface area (TPSA) is 90.9 Å². The molecule has 0 fully saturated rings. The first kappa shape index (κ1) is 22.9. The number of carbonyl (C=O) groups excluding carboxylic acids is 3. The van der Waals surface area contributed by atoms with Crippen LogP contribution in [0.3, 0.4) is 0 Å². The lowest BCUT2D eigenvalue weighted by molar-refractivity contribution is -0.124. The van der Waals surface area contributed by atoms with Gasteiger partial charge >= 0.3 is 5.97 Å². The third-order valence-corrected chi connectivity index (χ3v) is 4.63. The fourth-order valence-corrected chi connectivity index (χ4v) is 2.92. The second kappa shape index (κ2) is 11.0. The van der Waals surface area contributed by atoms with Gasteiger partial charge in [0.05, 0.1) is 14.2 Å². The van der Waals surface area contributed by atoms with Crippen molar-refractivity contribution in [2.75, 3.05) is 27.4 Å². The first-order valence-corrected chi connectivity index (χ1v) is 9.64. The average molecular weight is 413 g/mol. The number of carbonyl (C=O) groups is 3. The monoisotopic (exact) mass is 413 g/mol. The van der Waals surface area contributed by atoms with Crippen molar-refractivity contribution in [1.29, 1.82) is 0 Å². The van der Waals surface area contributed by atoms with Gasteiger partial charge in [0.2, 0.25) is 0 Å². The first-order chi connectivity index (χ1) is 14.4. The number of nitrogens with one attached hydrogen (secondary N) is 1. The molecule has 0 saturated heterocycles. The van der Waals surface area contributed by atoms with Crippen molar-refractivity contribution >= 4 is 18.2 Å². The van der Waals surface area contributed by atoms with Crippen molar-refractivity contribution in [1.82, 2.24) is 5.32 Å². The molecule has 7 heteroatoms. The molecule has 2 rings (SSSR count). The zero-order chi connectivity index (χ0) is 22.1. The summed E-state index contributed by atoms with van der Waals surface area (Å²) in [5.41, 5.74) is 2.37. The molecule has 7 nitrogen and oxygen atoms in total. The van der Waals surface area contributed by atoms with Crippen molar-refractivity contribution in [2.24, 2.45) is 0 Å². The standard InChI is InChI=1S/C23H27NO6/c1-15(2)17-7-5-16(6-8-17)11-12-24-20(26)14-30-23(27)21-18(13-25)9-10-19(28-3)22(21)29-4/h5-10,13,15H,11-12,14H2,1-4H3,(H,24,26). The molecule has 0 aliphatic rings. The summed E-state index contributed by atoms with van der Waals surface area (Å²) in [5, 5.41) is 2.71. The van der Waals surface area contributed by atoms with Crippen LogP contribution in [0.1, 0.15) is 51.6 Å². The summed E-state index contributed by atoms with van der Waals surface area (Å²) in [7, 11) is 2.76. The summed E-state index contributed by atoms with van der Waals surface area (Å²) >= 11 is 0. The summed E-state index contributed by atoms with van der Waals surface area (Å²) in [6.45, 7) is 4.22. The van der Waals surface area contributed by atoms with Gasteiger partial charge in [-0.15, -0.1) is 0 Å². The number of hydrogen-bond acceptors (Lipinski definition) is 6. The Kier molecular flexibility index (Phi) is 8.41. The van der Waals surface area contributed by atoms with Gasteiger partial charge in [-0.25, -0.2) is 4.79 Å². The molecule has 0 spiro atoms. The minimum absolute atomic E-state index is 0.0788. The van der Waals surface area contributed by atoms with E-state index >= 15 is 0 Å². The molecule has 1 N–H and O–H groups in total. The number of amides is 1. The molecule has 2 aromatic rings. The van der Waals surface area contributed by atoms with E-state index in [1.165, 1.54) is 31.9 Å². The zero-order valence-corrected chi connectivity index (χ0v) is 17.7. The largest absolute Gasteiger partial charge is 0.493 e. The second-order valence-electron chi connectivity index (χ2n) is 6.96. The van der Waals surface area contributed by atoms with Crippen molar-refractivity contribution in [3.8, 4) is 11.5 Å². The van der Waals surface area contributed by atoms with Gasteiger partial charge in [-0.3, -0.25) is 9.59 Å². The van der Waals surface area contributed by atoms with Crippen LogP contribution < -0.4 is 14.8 Å². The van der Waals surface area contributed by atoms with E-state index in [1.54, 1.807) is 0 Å². The number of ether oxygens (including phenoxy) is 3. The number of methoxy groups -OCH3 is 2.